The average molecular weight is 517 g/mol. The second kappa shape index (κ2) is 12.4. The van der Waals surface area contributed by atoms with Gasteiger partial charge >= 0.3 is 0 Å². The van der Waals surface area contributed by atoms with Crippen LogP contribution in [0.25, 0.3) is 0 Å². The summed E-state index contributed by atoms with van der Waals surface area (Å²) in [6, 6.07) is 20.6. The Morgan fingerprint density at radius 1 is 0.657 bits per heavy atom. The third kappa shape index (κ3) is 6.44. The van der Waals surface area contributed by atoms with Crippen molar-refractivity contribution in [1.29, 1.82) is 0 Å². The highest BCUT2D eigenvalue weighted by Crippen LogP contribution is 2.20. The van der Waals surface area contributed by atoms with Crippen molar-refractivity contribution in [1.82, 2.24) is 10.6 Å². The molecular weight excluding hydrogens is 490 g/mol. The van der Waals surface area contributed by atoms with Gasteiger partial charge in [-0.2, -0.15) is 0 Å². The molecule has 2 aliphatic rings. The molecule has 0 fully saturated rings. The second-order valence-electron chi connectivity index (χ2n) is 7.83. The molecule has 0 atom stereocenters. The van der Waals surface area contributed by atoms with Gasteiger partial charge in [-0.1, -0.05) is 18.2 Å². The van der Waals surface area contributed by atoms with Crippen molar-refractivity contribution >= 4 is 36.5 Å². The SMILES string of the molecule is Cl.Cl.Fc1c(COc2ccc(C3=NCCN3)cc2)cccc1COc1ccc(C2=NCCN2)cc1. The van der Waals surface area contributed by atoms with Crippen LogP contribution >= 0.6 is 24.8 Å². The molecule has 0 bridgehead atoms. The first-order chi connectivity index (χ1) is 16.3. The van der Waals surface area contributed by atoms with E-state index in [0.717, 1.165) is 49.0 Å². The number of hydrogen-bond donors (Lipinski definition) is 2. The van der Waals surface area contributed by atoms with E-state index in [1.807, 2.05) is 54.6 Å². The van der Waals surface area contributed by atoms with Gasteiger partial charge < -0.3 is 20.1 Å². The number of rotatable bonds is 8. The highest BCUT2D eigenvalue weighted by Gasteiger charge is 2.12. The van der Waals surface area contributed by atoms with Crippen LogP contribution in [0.2, 0.25) is 0 Å². The van der Waals surface area contributed by atoms with E-state index in [0.29, 0.717) is 22.6 Å². The second-order valence-corrected chi connectivity index (χ2v) is 7.83. The molecule has 0 aliphatic carbocycles. The molecule has 0 saturated carbocycles. The third-order valence-corrected chi connectivity index (χ3v) is 5.55. The zero-order chi connectivity index (χ0) is 22.5. The first-order valence-electron chi connectivity index (χ1n) is 11.1. The molecule has 2 heterocycles. The Kier molecular flexibility index (Phi) is 9.34. The molecule has 2 N–H and O–H groups in total. The van der Waals surface area contributed by atoms with Gasteiger partial charge in [0.25, 0.3) is 0 Å². The molecule has 0 aromatic heterocycles. The minimum atomic E-state index is -0.306. The number of hydrogen-bond acceptors (Lipinski definition) is 6. The lowest BCUT2D eigenvalue weighted by molar-refractivity contribution is 0.287. The van der Waals surface area contributed by atoms with Gasteiger partial charge in [0.1, 0.15) is 42.2 Å². The van der Waals surface area contributed by atoms with Gasteiger partial charge in [-0.25, -0.2) is 4.39 Å². The van der Waals surface area contributed by atoms with Crippen LogP contribution in [0.5, 0.6) is 11.5 Å². The number of halogens is 3. The fraction of sp³-hybridized carbons (Fsp3) is 0.231. The van der Waals surface area contributed by atoms with E-state index in [-0.39, 0.29) is 43.8 Å². The van der Waals surface area contributed by atoms with Crippen LogP contribution in [-0.2, 0) is 13.2 Å². The first kappa shape index (κ1) is 26.3. The first-order valence-corrected chi connectivity index (χ1v) is 11.1. The molecule has 6 nitrogen and oxygen atoms in total. The van der Waals surface area contributed by atoms with E-state index in [9.17, 15) is 0 Å². The van der Waals surface area contributed by atoms with Gasteiger partial charge in [-0.05, 0) is 48.5 Å². The Labute approximate surface area is 216 Å². The minimum absolute atomic E-state index is 0. The predicted octanol–water partition coefficient (Wildman–Crippen LogP) is 4.53. The lowest BCUT2D eigenvalue weighted by Crippen LogP contribution is -2.19. The molecule has 0 radical (unpaired) electrons. The Bertz CT molecular complexity index is 1100. The summed E-state index contributed by atoms with van der Waals surface area (Å²) in [4.78, 5) is 8.81. The molecule has 3 aromatic rings. The zero-order valence-electron chi connectivity index (χ0n) is 19.0. The zero-order valence-corrected chi connectivity index (χ0v) is 20.6. The normalized spacial score (nSPS) is 14.0. The van der Waals surface area contributed by atoms with Gasteiger partial charge in [0, 0.05) is 35.3 Å². The van der Waals surface area contributed by atoms with Crippen LogP contribution in [-0.4, -0.2) is 37.9 Å². The van der Waals surface area contributed by atoms with Gasteiger partial charge in [-0.15, -0.1) is 24.8 Å². The molecule has 0 amide bonds. The average Bonchev–Trinajstić information content (AvgIpc) is 3.58. The van der Waals surface area contributed by atoms with E-state index in [4.69, 9.17) is 9.47 Å². The van der Waals surface area contributed by atoms with Crippen LogP contribution in [0.4, 0.5) is 4.39 Å². The summed E-state index contributed by atoms with van der Waals surface area (Å²) >= 11 is 0. The van der Waals surface area contributed by atoms with Crippen molar-refractivity contribution in [2.75, 3.05) is 26.2 Å². The fourth-order valence-electron chi connectivity index (χ4n) is 3.78. The van der Waals surface area contributed by atoms with Crippen LogP contribution in [0.3, 0.4) is 0 Å². The minimum Gasteiger partial charge on any atom is -0.489 e. The van der Waals surface area contributed by atoms with Gasteiger partial charge in [0.2, 0.25) is 0 Å². The van der Waals surface area contributed by atoms with E-state index >= 15 is 4.39 Å². The standard InChI is InChI=1S/C26H25FN4O2.2ClH/c27-24-20(16-32-22-8-4-18(5-9-22)25-28-12-13-29-25)2-1-3-21(24)17-33-23-10-6-19(7-11-23)26-30-14-15-31-26;;/h1-11H,12-17H2,(H,28,29)(H,30,31);2*1H. The lowest BCUT2D eigenvalue weighted by Gasteiger charge is -2.12. The third-order valence-electron chi connectivity index (χ3n) is 5.55. The van der Waals surface area contributed by atoms with Crippen LogP contribution in [0.1, 0.15) is 22.3 Å². The van der Waals surface area contributed by atoms with Crippen LogP contribution in [0, 0.1) is 5.82 Å². The Morgan fingerprint density at radius 3 is 1.46 bits per heavy atom. The highest BCUT2D eigenvalue weighted by atomic mass is 35.5. The molecule has 0 saturated heterocycles. The van der Waals surface area contributed by atoms with Gasteiger partial charge in [0.05, 0.1) is 13.1 Å². The quantitative estimate of drug-likeness (QED) is 0.461. The molecule has 2 aliphatic heterocycles. The number of benzene rings is 3. The highest BCUT2D eigenvalue weighted by molar-refractivity contribution is 6.00. The summed E-state index contributed by atoms with van der Waals surface area (Å²) in [6.07, 6.45) is 0. The summed E-state index contributed by atoms with van der Waals surface area (Å²) in [5.74, 6) is 2.86. The number of aliphatic imine (C=N–C) groups is 2. The molecule has 35 heavy (non-hydrogen) atoms. The van der Waals surface area contributed by atoms with Crippen LogP contribution in [0.15, 0.2) is 76.7 Å². The Balaban J connectivity index is 0.00000171. The molecule has 3 aromatic carbocycles. The van der Waals surface area contributed by atoms with Crippen molar-refractivity contribution in [3.8, 4) is 11.5 Å². The van der Waals surface area contributed by atoms with E-state index < -0.39 is 0 Å². The van der Waals surface area contributed by atoms with Crippen molar-refractivity contribution in [2.45, 2.75) is 13.2 Å². The van der Waals surface area contributed by atoms with Crippen molar-refractivity contribution in [2.24, 2.45) is 9.98 Å². The molecule has 5 rings (SSSR count). The molecular formula is C26H27Cl2FN4O2. The maximum Gasteiger partial charge on any atom is 0.136 e. The summed E-state index contributed by atoms with van der Waals surface area (Å²) in [6.45, 7) is 3.61. The Hall–Kier alpha value is -3.29. The monoisotopic (exact) mass is 516 g/mol. The van der Waals surface area contributed by atoms with E-state index in [2.05, 4.69) is 20.6 Å². The lowest BCUT2D eigenvalue weighted by atomic mass is 10.1. The van der Waals surface area contributed by atoms with Crippen LogP contribution < -0.4 is 20.1 Å². The fourth-order valence-corrected chi connectivity index (χ4v) is 3.78. The maximum atomic E-state index is 15.0. The van der Waals surface area contributed by atoms with Gasteiger partial charge in [-0.3, -0.25) is 9.98 Å². The maximum absolute atomic E-state index is 15.0. The molecule has 184 valence electrons. The van der Waals surface area contributed by atoms with Crippen molar-refractivity contribution < 1.29 is 13.9 Å². The smallest absolute Gasteiger partial charge is 0.136 e. The number of ether oxygens (including phenoxy) is 2. The van der Waals surface area contributed by atoms with E-state index in [1.54, 1.807) is 12.1 Å². The van der Waals surface area contributed by atoms with Gasteiger partial charge in [0.15, 0.2) is 0 Å². The Morgan fingerprint density at radius 2 is 1.09 bits per heavy atom. The molecule has 0 unspecified atom stereocenters. The molecule has 0 spiro atoms. The number of nitrogens with zero attached hydrogens (tertiary/aromatic N) is 2. The number of nitrogens with one attached hydrogen (secondary N) is 2. The summed E-state index contributed by atoms with van der Waals surface area (Å²) in [5.41, 5.74) is 3.02. The van der Waals surface area contributed by atoms with Crippen molar-refractivity contribution in [3.63, 3.8) is 0 Å². The van der Waals surface area contributed by atoms with Crippen molar-refractivity contribution in [3.05, 3.63) is 94.8 Å². The topological polar surface area (TPSA) is 67.2 Å². The summed E-state index contributed by atoms with van der Waals surface area (Å²) in [5, 5.41) is 6.49. The predicted molar refractivity (Wildman–Crippen MR) is 141 cm³/mol. The number of amidine groups is 2. The summed E-state index contributed by atoms with van der Waals surface area (Å²) in [7, 11) is 0. The summed E-state index contributed by atoms with van der Waals surface area (Å²) < 4.78 is 26.6. The molecule has 9 heteroatoms. The van der Waals surface area contributed by atoms with E-state index in [1.165, 1.54) is 0 Å². The largest absolute Gasteiger partial charge is 0.489 e.